The molecule has 1 aliphatic rings. The number of piperazine rings is 1. The highest BCUT2D eigenvalue weighted by atomic mass is 35.5. The summed E-state index contributed by atoms with van der Waals surface area (Å²) in [6.07, 6.45) is 0. The molecule has 7 nitrogen and oxygen atoms in total. The Morgan fingerprint density at radius 1 is 1.22 bits per heavy atom. The maximum absolute atomic E-state index is 14.3. The van der Waals surface area contributed by atoms with Gasteiger partial charge in [0.2, 0.25) is 0 Å². The molecule has 1 aliphatic heterocycles. The van der Waals surface area contributed by atoms with Gasteiger partial charge in [0, 0.05) is 49.9 Å². The molecular weight excluding hydrogens is 431 g/mol. The lowest BCUT2D eigenvalue weighted by Gasteiger charge is -2.41. The number of nitriles is 2. The topological polar surface area (TPSA) is 88.9 Å². The van der Waals surface area contributed by atoms with E-state index in [9.17, 15) is 19.7 Å². The zero-order valence-electron chi connectivity index (χ0n) is 17.6. The van der Waals surface area contributed by atoms with E-state index in [1.165, 1.54) is 10.6 Å². The third-order valence-electron chi connectivity index (χ3n) is 5.95. The van der Waals surface area contributed by atoms with Crippen molar-refractivity contribution in [3.8, 4) is 12.1 Å². The predicted molar refractivity (Wildman–Crippen MR) is 120 cm³/mol. The van der Waals surface area contributed by atoms with Crippen LogP contribution in [-0.4, -0.2) is 40.1 Å². The summed E-state index contributed by atoms with van der Waals surface area (Å²) in [5, 5.41) is 19.5. The summed E-state index contributed by atoms with van der Waals surface area (Å²) in [4.78, 5) is 21.3. The lowest BCUT2D eigenvalue weighted by molar-refractivity contribution is 0.179. The Bertz CT molecular complexity index is 1340. The van der Waals surface area contributed by atoms with E-state index in [2.05, 4.69) is 9.88 Å². The van der Waals surface area contributed by atoms with Crippen molar-refractivity contribution in [1.29, 1.82) is 10.5 Å². The van der Waals surface area contributed by atoms with Crippen LogP contribution in [0.3, 0.4) is 0 Å². The third-order valence-corrected chi connectivity index (χ3v) is 6.30. The number of hydrogen-bond acceptors (Lipinski definition) is 6. The number of rotatable bonds is 3. The molecule has 1 fully saturated rings. The quantitative estimate of drug-likeness (QED) is 0.609. The largest absolute Gasteiger partial charge is 0.366 e. The van der Waals surface area contributed by atoms with E-state index in [1.807, 2.05) is 24.0 Å². The molecule has 9 heteroatoms. The van der Waals surface area contributed by atoms with Crippen LogP contribution in [0.5, 0.6) is 0 Å². The minimum absolute atomic E-state index is 0.000359. The Morgan fingerprint density at radius 3 is 2.66 bits per heavy atom. The summed E-state index contributed by atoms with van der Waals surface area (Å²) >= 11 is 6.20. The standard InChI is InChI=1S/C23H20ClFN6O/c1-14-12-31(9-8-30(14)13-17-18(24)4-3-5-19(17)25)22-16(11-27)23(32)29(2)20-7-6-15(10-26)28-21(20)22/h3-7,14H,8-9,12-13H2,1-2H3/t14-/m1/s1. The number of aromatic nitrogens is 2. The van der Waals surface area contributed by atoms with Crippen LogP contribution in [-0.2, 0) is 13.6 Å². The molecule has 0 aliphatic carbocycles. The summed E-state index contributed by atoms with van der Waals surface area (Å²) < 4.78 is 15.7. The van der Waals surface area contributed by atoms with Crippen molar-refractivity contribution in [2.45, 2.75) is 19.5 Å². The number of anilines is 1. The molecule has 2 aromatic heterocycles. The summed E-state index contributed by atoms with van der Waals surface area (Å²) in [5.41, 5.74) is 1.69. The maximum Gasteiger partial charge on any atom is 0.270 e. The molecule has 0 spiro atoms. The smallest absolute Gasteiger partial charge is 0.270 e. The summed E-state index contributed by atoms with van der Waals surface area (Å²) in [7, 11) is 1.59. The van der Waals surface area contributed by atoms with E-state index in [0.29, 0.717) is 53.5 Å². The normalized spacial score (nSPS) is 16.7. The van der Waals surface area contributed by atoms with Crippen molar-refractivity contribution in [3.63, 3.8) is 0 Å². The number of fused-ring (bicyclic) bond motifs is 1. The van der Waals surface area contributed by atoms with Gasteiger partial charge in [-0.3, -0.25) is 9.69 Å². The molecule has 1 saturated heterocycles. The highest BCUT2D eigenvalue weighted by molar-refractivity contribution is 6.31. The maximum atomic E-state index is 14.3. The number of nitrogens with zero attached hydrogens (tertiary/aromatic N) is 6. The average Bonchev–Trinajstić information content (AvgIpc) is 2.79. The van der Waals surface area contributed by atoms with E-state index in [-0.39, 0.29) is 23.1 Å². The molecule has 0 N–H and O–H groups in total. The van der Waals surface area contributed by atoms with Crippen molar-refractivity contribution in [3.05, 3.63) is 68.3 Å². The van der Waals surface area contributed by atoms with Crippen LogP contribution in [0.15, 0.2) is 35.1 Å². The first-order valence-electron chi connectivity index (χ1n) is 10.1. The van der Waals surface area contributed by atoms with Gasteiger partial charge in [-0.15, -0.1) is 0 Å². The Hall–Kier alpha value is -3.46. The minimum Gasteiger partial charge on any atom is -0.366 e. The highest BCUT2D eigenvalue weighted by Crippen LogP contribution is 2.30. The van der Waals surface area contributed by atoms with Crippen molar-refractivity contribution >= 4 is 28.3 Å². The fourth-order valence-electron chi connectivity index (χ4n) is 4.18. The summed E-state index contributed by atoms with van der Waals surface area (Å²) in [5.74, 6) is -0.343. The second kappa shape index (κ2) is 8.58. The number of aryl methyl sites for hydroxylation is 1. The van der Waals surface area contributed by atoms with Gasteiger partial charge in [0.25, 0.3) is 5.56 Å². The van der Waals surface area contributed by atoms with Crippen LogP contribution in [0, 0.1) is 28.5 Å². The molecule has 32 heavy (non-hydrogen) atoms. The Kier molecular flexibility index (Phi) is 5.84. The van der Waals surface area contributed by atoms with E-state index in [0.717, 1.165) is 0 Å². The fourth-order valence-corrected chi connectivity index (χ4v) is 4.41. The van der Waals surface area contributed by atoms with E-state index in [1.54, 1.807) is 31.3 Å². The van der Waals surface area contributed by atoms with Crippen LogP contribution in [0.25, 0.3) is 11.0 Å². The molecule has 3 aromatic rings. The molecule has 1 atom stereocenters. The van der Waals surface area contributed by atoms with E-state index < -0.39 is 5.56 Å². The number of pyridine rings is 2. The molecule has 0 amide bonds. The number of halogens is 2. The Balaban J connectivity index is 1.72. The number of benzene rings is 1. The van der Waals surface area contributed by atoms with Crippen LogP contribution >= 0.6 is 11.6 Å². The zero-order chi connectivity index (χ0) is 23.0. The van der Waals surface area contributed by atoms with Gasteiger partial charge >= 0.3 is 0 Å². The molecule has 4 rings (SSSR count). The summed E-state index contributed by atoms with van der Waals surface area (Å²) in [6.45, 7) is 3.95. The van der Waals surface area contributed by atoms with Crippen LogP contribution < -0.4 is 10.5 Å². The van der Waals surface area contributed by atoms with Gasteiger partial charge in [-0.1, -0.05) is 17.7 Å². The molecule has 0 unspecified atom stereocenters. The number of hydrogen-bond donors (Lipinski definition) is 0. The molecule has 0 bridgehead atoms. The average molecular weight is 451 g/mol. The van der Waals surface area contributed by atoms with Gasteiger partial charge in [0.1, 0.15) is 34.7 Å². The van der Waals surface area contributed by atoms with Crippen LogP contribution in [0.4, 0.5) is 10.1 Å². The molecule has 162 valence electrons. The second-order valence-corrected chi connectivity index (χ2v) is 8.25. The van der Waals surface area contributed by atoms with Gasteiger partial charge in [0.15, 0.2) is 0 Å². The molecular formula is C23H20ClFN6O. The second-order valence-electron chi connectivity index (χ2n) is 7.84. The van der Waals surface area contributed by atoms with Gasteiger partial charge in [0.05, 0.1) is 11.2 Å². The van der Waals surface area contributed by atoms with Gasteiger partial charge in [-0.25, -0.2) is 9.37 Å². The van der Waals surface area contributed by atoms with Crippen molar-refractivity contribution < 1.29 is 4.39 Å². The predicted octanol–water partition coefficient (Wildman–Crippen LogP) is 3.18. The molecule has 3 heterocycles. The SMILES string of the molecule is C[C@@H]1CN(c2c(C#N)c(=O)n(C)c3ccc(C#N)nc23)CCN1Cc1c(F)cccc1Cl. The third kappa shape index (κ3) is 3.69. The lowest BCUT2D eigenvalue weighted by Crippen LogP contribution is -2.52. The van der Waals surface area contributed by atoms with Crippen molar-refractivity contribution in [2.75, 3.05) is 24.5 Å². The molecule has 0 saturated carbocycles. The Labute approximate surface area is 189 Å². The van der Waals surface area contributed by atoms with Gasteiger partial charge in [-0.05, 0) is 31.2 Å². The Morgan fingerprint density at radius 2 is 2.00 bits per heavy atom. The lowest BCUT2D eigenvalue weighted by atomic mass is 10.1. The minimum atomic E-state index is -0.408. The first kappa shape index (κ1) is 21.8. The first-order valence-corrected chi connectivity index (χ1v) is 10.5. The van der Waals surface area contributed by atoms with E-state index >= 15 is 0 Å². The highest BCUT2D eigenvalue weighted by Gasteiger charge is 2.29. The van der Waals surface area contributed by atoms with E-state index in [4.69, 9.17) is 11.6 Å². The molecule has 0 radical (unpaired) electrons. The monoisotopic (exact) mass is 450 g/mol. The van der Waals surface area contributed by atoms with Gasteiger partial charge in [-0.2, -0.15) is 10.5 Å². The van der Waals surface area contributed by atoms with Crippen molar-refractivity contribution in [2.24, 2.45) is 7.05 Å². The first-order chi connectivity index (χ1) is 15.3. The van der Waals surface area contributed by atoms with Gasteiger partial charge < -0.3 is 9.47 Å². The molecule has 1 aromatic carbocycles. The van der Waals surface area contributed by atoms with Crippen molar-refractivity contribution in [1.82, 2.24) is 14.5 Å². The zero-order valence-corrected chi connectivity index (χ0v) is 18.4. The fraction of sp³-hybridized carbons (Fsp3) is 0.304. The van der Waals surface area contributed by atoms with Crippen LogP contribution in [0.1, 0.15) is 23.7 Å². The summed E-state index contributed by atoms with van der Waals surface area (Å²) in [6, 6.07) is 11.9. The van der Waals surface area contributed by atoms with Crippen LogP contribution in [0.2, 0.25) is 5.02 Å².